The maximum atomic E-state index is 5.88. The highest BCUT2D eigenvalue weighted by molar-refractivity contribution is 9.10. The number of hydrogen-bond donors (Lipinski definition) is 1. The summed E-state index contributed by atoms with van der Waals surface area (Å²) in [6.07, 6.45) is 0.970. The third-order valence-electron chi connectivity index (χ3n) is 3.59. The predicted octanol–water partition coefficient (Wildman–Crippen LogP) is 5.69. The van der Waals surface area contributed by atoms with Crippen LogP contribution in [0.4, 0.5) is 0 Å². The van der Waals surface area contributed by atoms with Gasteiger partial charge >= 0.3 is 0 Å². The molecule has 23 heavy (non-hydrogen) atoms. The number of nitrogens with one attached hydrogen (secondary N) is 1. The van der Waals surface area contributed by atoms with Gasteiger partial charge in [-0.15, -0.1) is 0 Å². The van der Waals surface area contributed by atoms with E-state index in [1.54, 1.807) is 0 Å². The van der Waals surface area contributed by atoms with Crippen LogP contribution in [-0.2, 0) is 13.0 Å². The van der Waals surface area contributed by atoms with Gasteiger partial charge in [0, 0.05) is 15.1 Å². The van der Waals surface area contributed by atoms with E-state index in [4.69, 9.17) is 16.0 Å². The molecule has 0 radical (unpaired) electrons. The lowest BCUT2D eigenvalue weighted by atomic mass is 10.1. The Morgan fingerprint density at radius 2 is 1.65 bits per heavy atom. The maximum Gasteiger partial charge on any atom is 0.134 e. The molecule has 1 N–H and O–H groups in total. The summed E-state index contributed by atoms with van der Waals surface area (Å²) in [5.41, 5.74) is 2.36. The van der Waals surface area contributed by atoms with E-state index >= 15 is 0 Å². The van der Waals surface area contributed by atoms with E-state index in [9.17, 15) is 0 Å². The average molecular weight is 391 g/mol. The molecule has 4 heteroatoms. The topological polar surface area (TPSA) is 25.2 Å². The highest BCUT2D eigenvalue weighted by Gasteiger charge is 2.04. The van der Waals surface area contributed by atoms with E-state index in [0.717, 1.165) is 46.1 Å². The molecule has 0 fully saturated rings. The van der Waals surface area contributed by atoms with E-state index in [1.807, 2.05) is 48.5 Å². The predicted molar refractivity (Wildman–Crippen MR) is 98.7 cm³/mol. The van der Waals surface area contributed by atoms with Gasteiger partial charge in [0.15, 0.2) is 0 Å². The Labute approximate surface area is 149 Å². The Morgan fingerprint density at radius 3 is 2.39 bits per heavy atom. The van der Waals surface area contributed by atoms with Crippen LogP contribution in [0.3, 0.4) is 0 Å². The van der Waals surface area contributed by atoms with Gasteiger partial charge in [0.2, 0.25) is 0 Å². The first-order valence-corrected chi connectivity index (χ1v) is 8.67. The fourth-order valence-corrected chi connectivity index (χ4v) is 2.73. The summed E-state index contributed by atoms with van der Waals surface area (Å²) < 4.78 is 6.95. The zero-order valence-electron chi connectivity index (χ0n) is 12.6. The van der Waals surface area contributed by atoms with Crippen molar-refractivity contribution >= 4 is 27.5 Å². The number of furan rings is 1. The summed E-state index contributed by atoms with van der Waals surface area (Å²) in [7, 11) is 0. The molecule has 0 atom stereocenters. The van der Waals surface area contributed by atoms with Crippen LogP contribution in [0.25, 0.3) is 11.3 Å². The zero-order valence-corrected chi connectivity index (χ0v) is 14.9. The second-order valence-electron chi connectivity index (χ2n) is 5.33. The molecule has 0 aliphatic carbocycles. The number of rotatable bonds is 6. The first-order valence-electron chi connectivity index (χ1n) is 7.50. The summed E-state index contributed by atoms with van der Waals surface area (Å²) in [4.78, 5) is 0. The van der Waals surface area contributed by atoms with Gasteiger partial charge in [-0.1, -0.05) is 51.8 Å². The molecule has 0 unspecified atom stereocenters. The highest BCUT2D eigenvalue weighted by Crippen LogP contribution is 2.23. The first kappa shape index (κ1) is 16.3. The van der Waals surface area contributed by atoms with Crippen molar-refractivity contribution in [3.8, 4) is 11.3 Å². The van der Waals surface area contributed by atoms with Crippen LogP contribution in [0, 0.1) is 0 Å². The van der Waals surface area contributed by atoms with Gasteiger partial charge < -0.3 is 9.73 Å². The number of benzene rings is 2. The molecule has 118 valence electrons. The summed E-state index contributed by atoms with van der Waals surface area (Å²) in [5.74, 6) is 1.84. The quantitative estimate of drug-likeness (QED) is 0.547. The minimum atomic E-state index is 0.726. The number of halogens is 2. The van der Waals surface area contributed by atoms with E-state index in [-0.39, 0.29) is 0 Å². The standard InChI is InChI=1S/C19H17BrClNO/c20-16-5-3-15(4-6-16)19-10-9-18(23-19)13-22-12-11-14-1-7-17(21)8-2-14/h1-10,22H,11-13H2. The van der Waals surface area contributed by atoms with Crippen molar-refractivity contribution in [3.05, 3.63) is 81.5 Å². The highest BCUT2D eigenvalue weighted by atomic mass is 79.9. The zero-order chi connectivity index (χ0) is 16.1. The van der Waals surface area contributed by atoms with Crippen molar-refractivity contribution in [1.29, 1.82) is 0 Å². The minimum Gasteiger partial charge on any atom is -0.460 e. The molecule has 3 rings (SSSR count). The first-order chi connectivity index (χ1) is 11.2. The van der Waals surface area contributed by atoms with Crippen molar-refractivity contribution in [1.82, 2.24) is 5.32 Å². The molecular formula is C19H17BrClNO. The van der Waals surface area contributed by atoms with Crippen LogP contribution < -0.4 is 5.32 Å². The van der Waals surface area contributed by atoms with Crippen LogP contribution in [0.15, 0.2) is 69.6 Å². The van der Waals surface area contributed by atoms with Gasteiger partial charge in [0.1, 0.15) is 11.5 Å². The van der Waals surface area contributed by atoms with Crippen LogP contribution in [0.5, 0.6) is 0 Å². The van der Waals surface area contributed by atoms with Crippen LogP contribution in [0.2, 0.25) is 5.02 Å². The van der Waals surface area contributed by atoms with Crippen LogP contribution in [-0.4, -0.2) is 6.54 Å². The van der Waals surface area contributed by atoms with Gasteiger partial charge in [-0.2, -0.15) is 0 Å². The van der Waals surface area contributed by atoms with E-state index in [0.29, 0.717) is 0 Å². The molecule has 0 saturated carbocycles. The van der Waals surface area contributed by atoms with Crippen molar-refractivity contribution < 1.29 is 4.42 Å². The summed E-state index contributed by atoms with van der Waals surface area (Å²) in [6, 6.07) is 20.1. The van der Waals surface area contributed by atoms with Crippen molar-refractivity contribution in [3.63, 3.8) is 0 Å². The molecule has 0 saturated heterocycles. The van der Waals surface area contributed by atoms with Crippen molar-refractivity contribution in [2.24, 2.45) is 0 Å². The number of hydrogen-bond acceptors (Lipinski definition) is 2. The van der Waals surface area contributed by atoms with Crippen LogP contribution in [0.1, 0.15) is 11.3 Å². The molecular weight excluding hydrogens is 374 g/mol. The second-order valence-corrected chi connectivity index (χ2v) is 6.68. The fourth-order valence-electron chi connectivity index (χ4n) is 2.34. The van der Waals surface area contributed by atoms with Gasteiger partial charge in [0.25, 0.3) is 0 Å². The van der Waals surface area contributed by atoms with E-state index in [1.165, 1.54) is 5.56 Å². The van der Waals surface area contributed by atoms with E-state index < -0.39 is 0 Å². The van der Waals surface area contributed by atoms with Gasteiger partial charge in [-0.05, 0) is 54.9 Å². The van der Waals surface area contributed by atoms with Gasteiger partial charge in [-0.25, -0.2) is 0 Å². The Morgan fingerprint density at radius 1 is 0.913 bits per heavy atom. The van der Waals surface area contributed by atoms with Gasteiger partial charge in [-0.3, -0.25) is 0 Å². The lowest BCUT2D eigenvalue weighted by Crippen LogP contribution is -2.16. The normalized spacial score (nSPS) is 10.9. The fraction of sp³-hybridized carbons (Fsp3) is 0.158. The molecule has 0 amide bonds. The molecule has 1 heterocycles. The molecule has 2 nitrogen and oxygen atoms in total. The van der Waals surface area contributed by atoms with Crippen LogP contribution >= 0.6 is 27.5 Å². The maximum absolute atomic E-state index is 5.88. The minimum absolute atomic E-state index is 0.726. The molecule has 0 spiro atoms. The van der Waals surface area contributed by atoms with Crippen molar-refractivity contribution in [2.75, 3.05) is 6.54 Å². The summed E-state index contributed by atoms with van der Waals surface area (Å²) in [5, 5.41) is 4.18. The molecule has 0 bridgehead atoms. The summed E-state index contributed by atoms with van der Waals surface area (Å²) >= 11 is 9.32. The molecule has 0 aliphatic heterocycles. The lowest BCUT2D eigenvalue weighted by molar-refractivity contribution is 0.495. The Balaban J connectivity index is 1.49. The smallest absolute Gasteiger partial charge is 0.134 e. The SMILES string of the molecule is Clc1ccc(CCNCc2ccc(-c3ccc(Br)cc3)o2)cc1. The molecule has 2 aromatic carbocycles. The molecule has 3 aromatic rings. The van der Waals surface area contributed by atoms with Gasteiger partial charge in [0.05, 0.1) is 6.54 Å². The summed E-state index contributed by atoms with van der Waals surface area (Å²) in [6.45, 7) is 1.63. The third-order valence-corrected chi connectivity index (χ3v) is 4.37. The van der Waals surface area contributed by atoms with E-state index in [2.05, 4.69) is 33.4 Å². The monoisotopic (exact) mass is 389 g/mol. The third kappa shape index (κ3) is 4.71. The Hall–Kier alpha value is -1.55. The second kappa shape index (κ2) is 7.82. The Kier molecular flexibility index (Phi) is 5.55. The Bertz CT molecular complexity index is 750. The lowest BCUT2D eigenvalue weighted by Gasteiger charge is -2.03. The molecule has 1 aromatic heterocycles. The largest absolute Gasteiger partial charge is 0.460 e. The average Bonchev–Trinajstić information content (AvgIpc) is 3.03. The molecule has 0 aliphatic rings. The van der Waals surface area contributed by atoms with Crippen molar-refractivity contribution in [2.45, 2.75) is 13.0 Å².